The average Bonchev–Trinajstić information content (AvgIpc) is 3.24. The van der Waals surface area contributed by atoms with Crippen molar-refractivity contribution < 1.29 is 17.6 Å². The van der Waals surface area contributed by atoms with E-state index in [1.807, 2.05) is 18.2 Å². The SMILES string of the molecule is O=C(NCCS(=O)(=O)N1CCc2ccccc21)c1cccnc1SCc1ccc(F)cc1. The maximum atomic E-state index is 13.1. The van der Waals surface area contributed by atoms with Crippen molar-refractivity contribution in [3.8, 4) is 0 Å². The van der Waals surface area contributed by atoms with Gasteiger partial charge in [-0.2, -0.15) is 0 Å². The molecule has 1 aliphatic heterocycles. The molecular formula is C23H22FN3O3S2. The summed E-state index contributed by atoms with van der Waals surface area (Å²) in [5.41, 5.74) is 3.01. The van der Waals surface area contributed by atoms with Gasteiger partial charge in [-0.05, 0) is 47.9 Å². The van der Waals surface area contributed by atoms with Gasteiger partial charge >= 0.3 is 0 Å². The van der Waals surface area contributed by atoms with Gasteiger partial charge in [0.1, 0.15) is 10.8 Å². The Balaban J connectivity index is 1.36. The van der Waals surface area contributed by atoms with Crippen LogP contribution in [-0.2, 0) is 22.2 Å². The maximum absolute atomic E-state index is 13.1. The maximum Gasteiger partial charge on any atom is 0.254 e. The van der Waals surface area contributed by atoms with Gasteiger partial charge in [-0.25, -0.2) is 17.8 Å². The first-order valence-corrected chi connectivity index (χ1v) is 12.7. The number of hydrogen-bond donors (Lipinski definition) is 1. The van der Waals surface area contributed by atoms with Crippen LogP contribution in [0.25, 0.3) is 0 Å². The lowest BCUT2D eigenvalue weighted by Gasteiger charge is -2.19. The number of fused-ring (bicyclic) bond motifs is 1. The second kappa shape index (κ2) is 9.70. The third-order valence-corrected chi connectivity index (χ3v) is 7.98. The fraction of sp³-hybridized carbons (Fsp3) is 0.217. The number of pyridine rings is 1. The molecule has 0 saturated carbocycles. The molecule has 2 aromatic carbocycles. The molecule has 166 valence electrons. The molecule has 4 rings (SSSR count). The molecule has 6 nitrogen and oxygen atoms in total. The molecular weight excluding hydrogens is 449 g/mol. The Morgan fingerprint density at radius 1 is 1.09 bits per heavy atom. The summed E-state index contributed by atoms with van der Waals surface area (Å²) in [7, 11) is -3.54. The zero-order valence-electron chi connectivity index (χ0n) is 17.2. The number of nitrogens with zero attached hydrogens (tertiary/aromatic N) is 2. The van der Waals surface area contributed by atoms with Gasteiger partial charge in [0, 0.05) is 25.0 Å². The number of carbonyl (C=O) groups is 1. The number of benzene rings is 2. The van der Waals surface area contributed by atoms with E-state index in [0.717, 1.165) is 11.1 Å². The first-order valence-electron chi connectivity index (χ1n) is 10.1. The Bertz CT molecular complexity index is 1220. The topological polar surface area (TPSA) is 79.4 Å². The van der Waals surface area contributed by atoms with Crippen molar-refractivity contribution in [3.63, 3.8) is 0 Å². The largest absolute Gasteiger partial charge is 0.351 e. The van der Waals surface area contributed by atoms with E-state index >= 15 is 0 Å². The Labute approximate surface area is 190 Å². The van der Waals surface area contributed by atoms with Crippen LogP contribution < -0.4 is 9.62 Å². The minimum atomic E-state index is -3.54. The third kappa shape index (κ3) is 5.11. The number of aromatic nitrogens is 1. The first kappa shape index (κ1) is 22.3. The number of amides is 1. The van der Waals surface area contributed by atoms with Crippen LogP contribution in [0.5, 0.6) is 0 Å². The highest BCUT2D eigenvalue weighted by Crippen LogP contribution is 2.30. The summed E-state index contributed by atoms with van der Waals surface area (Å²) in [5, 5.41) is 3.23. The van der Waals surface area contributed by atoms with Gasteiger partial charge in [-0.1, -0.05) is 30.3 Å². The van der Waals surface area contributed by atoms with Gasteiger partial charge in [0.15, 0.2) is 0 Å². The minimum Gasteiger partial charge on any atom is -0.351 e. The Morgan fingerprint density at radius 3 is 2.69 bits per heavy atom. The fourth-order valence-corrected chi connectivity index (χ4v) is 5.88. The lowest BCUT2D eigenvalue weighted by atomic mass is 10.2. The van der Waals surface area contributed by atoms with Crippen molar-refractivity contribution >= 4 is 33.4 Å². The fourth-order valence-electron chi connectivity index (χ4n) is 3.51. The number of nitrogens with one attached hydrogen (secondary N) is 1. The van der Waals surface area contributed by atoms with Gasteiger partial charge in [0.2, 0.25) is 10.0 Å². The number of para-hydroxylation sites is 1. The molecule has 0 radical (unpaired) electrons. The molecule has 1 aromatic heterocycles. The summed E-state index contributed by atoms with van der Waals surface area (Å²) in [5.74, 6) is -0.341. The first-order chi connectivity index (χ1) is 15.4. The Morgan fingerprint density at radius 2 is 1.88 bits per heavy atom. The van der Waals surface area contributed by atoms with Crippen LogP contribution in [0.2, 0.25) is 0 Å². The number of anilines is 1. The normalized spacial score (nSPS) is 13.1. The highest BCUT2D eigenvalue weighted by atomic mass is 32.2. The number of hydrogen-bond acceptors (Lipinski definition) is 5. The highest BCUT2D eigenvalue weighted by molar-refractivity contribution is 7.98. The van der Waals surface area contributed by atoms with Crippen LogP contribution >= 0.6 is 11.8 Å². The third-order valence-electron chi connectivity index (χ3n) is 5.13. The summed E-state index contributed by atoms with van der Waals surface area (Å²) in [4.78, 5) is 17.0. The quantitative estimate of drug-likeness (QED) is 0.508. The molecule has 9 heteroatoms. The molecule has 0 unspecified atom stereocenters. The van der Waals surface area contributed by atoms with E-state index in [1.165, 1.54) is 28.2 Å². The molecule has 0 fully saturated rings. The van der Waals surface area contributed by atoms with Crippen LogP contribution in [0.4, 0.5) is 10.1 Å². The van der Waals surface area contributed by atoms with Crippen LogP contribution in [0, 0.1) is 5.82 Å². The van der Waals surface area contributed by atoms with Gasteiger partial charge in [-0.3, -0.25) is 9.10 Å². The zero-order valence-corrected chi connectivity index (χ0v) is 18.8. The van der Waals surface area contributed by atoms with Crippen LogP contribution in [0.15, 0.2) is 71.9 Å². The lowest BCUT2D eigenvalue weighted by Crippen LogP contribution is -2.37. The Hall–Kier alpha value is -2.91. The number of carbonyl (C=O) groups excluding carboxylic acids is 1. The van der Waals surface area contributed by atoms with Crippen molar-refractivity contribution in [3.05, 3.63) is 89.4 Å². The minimum absolute atomic E-state index is 0.00318. The molecule has 3 aromatic rings. The van der Waals surface area contributed by atoms with Crippen molar-refractivity contribution in [1.82, 2.24) is 10.3 Å². The average molecular weight is 472 g/mol. The molecule has 0 atom stereocenters. The van der Waals surface area contributed by atoms with Gasteiger partial charge in [-0.15, -0.1) is 11.8 Å². The van der Waals surface area contributed by atoms with Gasteiger partial charge in [0.25, 0.3) is 5.91 Å². The highest BCUT2D eigenvalue weighted by Gasteiger charge is 2.28. The van der Waals surface area contributed by atoms with Gasteiger partial charge in [0.05, 0.1) is 17.0 Å². The van der Waals surface area contributed by atoms with Crippen LogP contribution in [0.3, 0.4) is 0 Å². The summed E-state index contributed by atoms with van der Waals surface area (Å²) in [6, 6.07) is 16.9. The summed E-state index contributed by atoms with van der Waals surface area (Å²) >= 11 is 1.37. The number of sulfonamides is 1. The molecule has 32 heavy (non-hydrogen) atoms. The second-order valence-electron chi connectivity index (χ2n) is 7.29. The molecule has 0 bridgehead atoms. The van der Waals surface area contributed by atoms with Crippen molar-refractivity contribution in [1.29, 1.82) is 0 Å². The van der Waals surface area contributed by atoms with E-state index in [1.54, 1.807) is 36.5 Å². The predicted molar refractivity (Wildman–Crippen MR) is 124 cm³/mol. The van der Waals surface area contributed by atoms with E-state index in [-0.39, 0.29) is 24.0 Å². The summed E-state index contributed by atoms with van der Waals surface area (Å²) < 4.78 is 40.1. The number of thioether (sulfide) groups is 1. The number of halogens is 1. The number of rotatable bonds is 8. The lowest BCUT2D eigenvalue weighted by molar-refractivity contribution is 0.0952. The molecule has 1 amide bonds. The monoisotopic (exact) mass is 471 g/mol. The Kier molecular flexibility index (Phi) is 6.76. The van der Waals surface area contributed by atoms with E-state index in [9.17, 15) is 17.6 Å². The van der Waals surface area contributed by atoms with Gasteiger partial charge < -0.3 is 5.32 Å². The van der Waals surface area contributed by atoms with E-state index in [0.29, 0.717) is 35.0 Å². The second-order valence-corrected chi connectivity index (χ2v) is 10.3. The van der Waals surface area contributed by atoms with Crippen LogP contribution in [-0.4, -0.2) is 38.2 Å². The molecule has 1 N–H and O–H groups in total. The molecule has 0 saturated heterocycles. The molecule has 2 heterocycles. The molecule has 1 aliphatic rings. The van der Waals surface area contributed by atoms with E-state index in [4.69, 9.17) is 0 Å². The van der Waals surface area contributed by atoms with Crippen molar-refractivity contribution in [2.45, 2.75) is 17.2 Å². The summed E-state index contributed by atoms with van der Waals surface area (Å²) in [6.45, 7) is 0.416. The standard InChI is InChI=1S/C23H22FN3O3S2/c24-19-9-7-17(8-10-19)16-31-23-20(5-3-12-26-23)22(28)25-13-15-32(29,30)27-14-11-18-4-1-2-6-21(18)27/h1-10,12H,11,13-16H2,(H,25,28). The summed E-state index contributed by atoms with van der Waals surface area (Å²) in [6.07, 6.45) is 2.28. The van der Waals surface area contributed by atoms with E-state index < -0.39 is 10.0 Å². The smallest absolute Gasteiger partial charge is 0.254 e. The molecule has 0 spiro atoms. The van der Waals surface area contributed by atoms with E-state index in [2.05, 4.69) is 10.3 Å². The van der Waals surface area contributed by atoms with Crippen LogP contribution in [0.1, 0.15) is 21.5 Å². The van der Waals surface area contributed by atoms with Crippen molar-refractivity contribution in [2.75, 3.05) is 23.1 Å². The zero-order chi connectivity index (χ0) is 22.6. The van der Waals surface area contributed by atoms with Crippen molar-refractivity contribution in [2.24, 2.45) is 0 Å². The molecule has 0 aliphatic carbocycles. The predicted octanol–water partition coefficient (Wildman–Crippen LogP) is 3.64.